The van der Waals surface area contributed by atoms with Crippen molar-refractivity contribution in [2.45, 2.75) is 25.0 Å². The Morgan fingerprint density at radius 2 is 1.44 bits per heavy atom. The van der Waals surface area contributed by atoms with Crippen molar-refractivity contribution in [2.24, 2.45) is 5.92 Å². The lowest BCUT2D eigenvalue weighted by Crippen LogP contribution is -2.41. The Hall–Kier alpha value is -3.48. The number of amides is 1. The molecular weight excluding hydrogens is 402 g/mol. The van der Waals surface area contributed by atoms with Crippen molar-refractivity contribution in [1.29, 1.82) is 0 Å². The van der Waals surface area contributed by atoms with Gasteiger partial charge >= 0.3 is 5.97 Å². The van der Waals surface area contributed by atoms with Gasteiger partial charge in [-0.1, -0.05) is 60.7 Å². The summed E-state index contributed by atoms with van der Waals surface area (Å²) in [4.78, 5) is 27.5. The lowest BCUT2D eigenvalue weighted by molar-refractivity contribution is -0.119. The monoisotopic (exact) mass is 427 g/mol. The van der Waals surface area contributed by atoms with E-state index in [-0.39, 0.29) is 35.9 Å². The van der Waals surface area contributed by atoms with E-state index in [0.717, 1.165) is 16.8 Å². The molecule has 2 aliphatic heterocycles. The molecule has 0 bridgehead atoms. The van der Waals surface area contributed by atoms with Gasteiger partial charge in [0, 0.05) is 11.6 Å². The number of anilines is 1. The van der Waals surface area contributed by atoms with Crippen molar-refractivity contribution in [1.82, 2.24) is 10.9 Å². The Balaban J connectivity index is 1.55. The number of carbonyl (C=O) groups excluding carboxylic acids is 2. The van der Waals surface area contributed by atoms with Gasteiger partial charge in [-0.3, -0.25) is 4.79 Å². The summed E-state index contributed by atoms with van der Waals surface area (Å²) in [5.74, 6) is -0.353. The van der Waals surface area contributed by atoms with E-state index in [1.54, 1.807) is 19.1 Å². The third-order valence-electron chi connectivity index (χ3n) is 6.27. The molecule has 1 amide bonds. The number of nitrogens with zero attached hydrogens (tertiary/aromatic N) is 1. The number of carbonyl (C=O) groups is 2. The van der Waals surface area contributed by atoms with Crippen LogP contribution < -0.4 is 15.8 Å². The number of rotatable bonds is 5. The number of esters is 1. The number of hydrogen-bond donors (Lipinski definition) is 2. The van der Waals surface area contributed by atoms with Crippen LogP contribution in [-0.4, -0.2) is 24.5 Å². The molecule has 0 aromatic heterocycles. The fraction of sp³-hybridized carbons (Fsp3) is 0.231. The predicted octanol–water partition coefficient (Wildman–Crippen LogP) is 3.79. The zero-order valence-corrected chi connectivity index (χ0v) is 17.8. The highest BCUT2D eigenvalue weighted by Gasteiger charge is 2.55. The zero-order chi connectivity index (χ0) is 22.1. The lowest BCUT2D eigenvalue weighted by Gasteiger charge is -2.31. The van der Waals surface area contributed by atoms with Gasteiger partial charge in [0.1, 0.15) is 6.04 Å². The summed E-state index contributed by atoms with van der Waals surface area (Å²) < 4.78 is 5.09. The SMILES string of the molecule is CCOC(=O)c1ccc(N2C(=O)C3NNC(c4ccccc4)C3C2c2ccccc2)cc1. The maximum absolute atomic E-state index is 13.6. The molecule has 162 valence electrons. The predicted molar refractivity (Wildman–Crippen MR) is 122 cm³/mol. The van der Waals surface area contributed by atoms with Crippen molar-refractivity contribution in [2.75, 3.05) is 11.5 Å². The quantitative estimate of drug-likeness (QED) is 0.607. The average Bonchev–Trinajstić information content (AvgIpc) is 3.39. The van der Waals surface area contributed by atoms with Crippen molar-refractivity contribution in [3.63, 3.8) is 0 Å². The maximum Gasteiger partial charge on any atom is 0.338 e. The van der Waals surface area contributed by atoms with Gasteiger partial charge in [-0.05, 0) is 42.3 Å². The normalized spacial score (nSPS) is 24.4. The largest absolute Gasteiger partial charge is 0.462 e. The van der Waals surface area contributed by atoms with Gasteiger partial charge in [-0.25, -0.2) is 15.6 Å². The van der Waals surface area contributed by atoms with Gasteiger partial charge < -0.3 is 9.64 Å². The summed E-state index contributed by atoms with van der Waals surface area (Å²) in [6.45, 7) is 2.10. The molecule has 0 spiro atoms. The van der Waals surface area contributed by atoms with Crippen LogP contribution in [0.25, 0.3) is 0 Å². The van der Waals surface area contributed by atoms with Crippen LogP contribution in [0.1, 0.15) is 40.5 Å². The van der Waals surface area contributed by atoms with Crippen LogP contribution in [0.4, 0.5) is 5.69 Å². The van der Waals surface area contributed by atoms with E-state index >= 15 is 0 Å². The summed E-state index contributed by atoms with van der Waals surface area (Å²) in [6.07, 6.45) is 0. The molecule has 2 heterocycles. The second kappa shape index (κ2) is 8.57. The summed E-state index contributed by atoms with van der Waals surface area (Å²) in [5.41, 5.74) is 10.1. The first kappa shape index (κ1) is 20.4. The molecule has 2 aliphatic rings. The van der Waals surface area contributed by atoms with Gasteiger partial charge in [0.2, 0.25) is 5.91 Å². The highest BCUT2D eigenvalue weighted by Crippen LogP contribution is 2.48. The Morgan fingerprint density at radius 3 is 2.06 bits per heavy atom. The first-order valence-electron chi connectivity index (χ1n) is 10.9. The van der Waals surface area contributed by atoms with Crippen molar-refractivity contribution in [3.05, 3.63) is 102 Å². The van der Waals surface area contributed by atoms with Crippen LogP contribution in [0.5, 0.6) is 0 Å². The van der Waals surface area contributed by atoms with E-state index in [1.807, 2.05) is 53.4 Å². The molecular formula is C26H25N3O3. The second-order valence-corrected chi connectivity index (χ2v) is 8.06. The number of fused-ring (bicyclic) bond motifs is 1. The summed E-state index contributed by atoms with van der Waals surface area (Å²) in [7, 11) is 0. The van der Waals surface area contributed by atoms with Gasteiger partial charge in [0.05, 0.1) is 24.3 Å². The number of nitrogens with one attached hydrogen (secondary N) is 2. The highest BCUT2D eigenvalue weighted by molar-refractivity contribution is 6.02. The maximum atomic E-state index is 13.6. The van der Waals surface area contributed by atoms with E-state index in [0.29, 0.717) is 12.2 Å². The van der Waals surface area contributed by atoms with E-state index in [1.165, 1.54) is 0 Å². The third kappa shape index (κ3) is 3.47. The minimum atomic E-state index is -0.363. The molecule has 2 saturated heterocycles. The second-order valence-electron chi connectivity index (χ2n) is 8.06. The number of hydrogen-bond acceptors (Lipinski definition) is 5. The fourth-order valence-corrected chi connectivity index (χ4v) is 4.86. The summed E-state index contributed by atoms with van der Waals surface area (Å²) in [5, 5.41) is 0. The number of hydrazine groups is 1. The first-order valence-corrected chi connectivity index (χ1v) is 10.9. The van der Waals surface area contributed by atoms with Gasteiger partial charge in [-0.15, -0.1) is 0 Å². The topological polar surface area (TPSA) is 70.7 Å². The Bertz CT molecular complexity index is 1100. The van der Waals surface area contributed by atoms with Crippen molar-refractivity contribution >= 4 is 17.6 Å². The van der Waals surface area contributed by atoms with Gasteiger partial charge in [0.25, 0.3) is 0 Å². The van der Waals surface area contributed by atoms with Crippen LogP contribution in [0.3, 0.4) is 0 Å². The molecule has 2 N–H and O–H groups in total. The molecule has 3 aromatic carbocycles. The lowest BCUT2D eigenvalue weighted by atomic mass is 9.83. The Kier molecular flexibility index (Phi) is 5.47. The summed E-state index contributed by atoms with van der Waals surface area (Å²) >= 11 is 0. The molecule has 2 fully saturated rings. The van der Waals surface area contributed by atoms with Gasteiger partial charge in [-0.2, -0.15) is 0 Å². The van der Waals surface area contributed by atoms with E-state index in [9.17, 15) is 9.59 Å². The van der Waals surface area contributed by atoms with Crippen molar-refractivity contribution < 1.29 is 14.3 Å². The minimum absolute atomic E-state index is 0.00275. The molecule has 0 saturated carbocycles. The number of benzene rings is 3. The van der Waals surface area contributed by atoms with Crippen LogP contribution in [-0.2, 0) is 9.53 Å². The summed E-state index contributed by atoms with van der Waals surface area (Å²) in [6, 6.07) is 26.9. The van der Waals surface area contributed by atoms with Crippen LogP contribution in [0.15, 0.2) is 84.9 Å². The molecule has 6 nitrogen and oxygen atoms in total. The van der Waals surface area contributed by atoms with Gasteiger partial charge in [0.15, 0.2) is 0 Å². The third-order valence-corrected chi connectivity index (χ3v) is 6.27. The molecule has 4 unspecified atom stereocenters. The van der Waals surface area contributed by atoms with Crippen LogP contribution in [0, 0.1) is 5.92 Å². The molecule has 0 aliphatic carbocycles. The highest BCUT2D eigenvalue weighted by atomic mass is 16.5. The van der Waals surface area contributed by atoms with E-state index in [2.05, 4.69) is 35.1 Å². The molecule has 0 radical (unpaired) electrons. The average molecular weight is 428 g/mol. The zero-order valence-electron chi connectivity index (χ0n) is 17.8. The molecule has 3 aromatic rings. The van der Waals surface area contributed by atoms with E-state index in [4.69, 9.17) is 4.74 Å². The molecule has 4 atom stereocenters. The minimum Gasteiger partial charge on any atom is -0.462 e. The Labute approximate surface area is 187 Å². The van der Waals surface area contributed by atoms with Crippen LogP contribution in [0.2, 0.25) is 0 Å². The Morgan fingerprint density at radius 1 is 0.844 bits per heavy atom. The smallest absolute Gasteiger partial charge is 0.338 e. The fourth-order valence-electron chi connectivity index (χ4n) is 4.86. The first-order chi connectivity index (χ1) is 15.7. The standard InChI is InChI=1S/C26H25N3O3/c1-2-32-26(31)19-13-15-20(16-14-19)29-24(18-11-7-4-8-12-18)21-22(17-9-5-3-6-10-17)27-28-23(21)25(29)30/h3-16,21-24,27-28H,2H2,1H3. The molecule has 5 rings (SSSR count). The molecule has 6 heteroatoms. The van der Waals surface area contributed by atoms with Crippen molar-refractivity contribution in [3.8, 4) is 0 Å². The molecule has 32 heavy (non-hydrogen) atoms. The van der Waals surface area contributed by atoms with Crippen LogP contribution >= 0.6 is 0 Å². The number of ether oxygens (including phenoxy) is 1. The van der Waals surface area contributed by atoms with E-state index < -0.39 is 0 Å².